The van der Waals surface area contributed by atoms with Crippen molar-refractivity contribution in [2.24, 2.45) is 5.92 Å². The van der Waals surface area contributed by atoms with Gasteiger partial charge in [0, 0.05) is 0 Å². The first-order chi connectivity index (χ1) is 6.47. The normalized spacial score (nSPS) is 11.4. The molecule has 78 valence electrons. The highest BCUT2D eigenvalue weighted by Gasteiger charge is 2.13. The lowest BCUT2D eigenvalue weighted by Crippen LogP contribution is -2.13. The zero-order valence-electron chi connectivity index (χ0n) is 9.33. The molecule has 0 rings (SSSR count). The van der Waals surface area contributed by atoms with E-state index in [9.17, 15) is 9.59 Å². The average molecular weight is 194 g/mol. The standard InChI is InChI=1S/C12H18O2/c1-9(2)5-6-11(8-13)12(14)7-10(3)4/h5,7-8,11H,6H2,1-4H3. The number of hydrogen-bond acceptors (Lipinski definition) is 2. The Labute approximate surface area is 85.7 Å². The van der Waals surface area contributed by atoms with Crippen LogP contribution in [-0.4, -0.2) is 12.1 Å². The largest absolute Gasteiger partial charge is 0.303 e. The van der Waals surface area contributed by atoms with Crippen molar-refractivity contribution in [2.75, 3.05) is 0 Å². The van der Waals surface area contributed by atoms with Crippen molar-refractivity contribution in [1.29, 1.82) is 0 Å². The highest BCUT2D eigenvalue weighted by Crippen LogP contribution is 2.07. The van der Waals surface area contributed by atoms with E-state index in [1.807, 2.05) is 33.8 Å². The van der Waals surface area contributed by atoms with Gasteiger partial charge in [-0.2, -0.15) is 0 Å². The Hall–Kier alpha value is -1.18. The molecule has 0 radical (unpaired) electrons. The molecule has 0 N–H and O–H groups in total. The van der Waals surface area contributed by atoms with Gasteiger partial charge in [-0.05, 0) is 40.2 Å². The third-order valence-corrected chi connectivity index (χ3v) is 1.74. The van der Waals surface area contributed by atoms with Crippen LogP contribution in [0.2, 0.25) is 0 Å². The van der Waals surface area contributed by atoms with Crippen molar-refractivity contribution in [3.05, 3.63) is 23.3 Å². The first-order valence-electron chi connectivity index (χ1n) is 4.74. The third kappa shape index (κ3) is 5.46. The fraction of sp³-hybridized carbons (Fsp3) is 0.500. The van der Waals surface area contributed by atoms with Crippen LogP contribution in [0.15, 0.2) is 23.3 Å². The molecule has 2 nitrogen and oxygen atoms in total. The molecule has 0 bridgehead atoms. The lowest BCUT2D eigenvalue weighted by atomic mass is 9.99. The lowest BCUT2D eigenvalue weighted by Gasteiger charge is -2.03. The van der Waals surface area contributed by atoms with Crippen LogP contribution in [0.1, 0.15) is 34.1 Å². The second-order valence-electron chi connectivity index (χ2n) is 3.88. The predicted octanol–water partition coefficient (Wildman–Crippen LogP) is 2.69. The van der Waals surface area contributed by atoms with Gasteiger partial charge < -0.3 is 4.79 Å². The lowest BCUT2D eigenvalue weighted by molar-refractivity contribution is -0.123. The Morgan fingerprint density at radius 3 is 2.07 bits per heavy atom. The molecule has 0 amide bonds. The summed E-state index contributed by atoms with van der Waals surface area (Å²) in [5.41, 5.74) is 2.06. The Kier molecular flexibility index (Phi) is 5.77. The van der Waals surface area contributed by atoms with Crippen molar-refractivity contribution in [3.63, 3.8) is 0 Å². The fourth-order valence-corrected chi connectivity index (χ4v) is 0.993. The number of hydrogen-bond donors (Lipinski definition) is 0. The van der Waals surface area contributed by atoms with E-state index in [-0.39, 0.29) is 5.78 Å². The summed E-state index contributed by atoms with van der Waals surface area (Å²) in [5, 5.41) is 0. The summed E-state index contributed by atoms with van der Waals surface area (Å²) in [6, 6.07) is 0. The summed E-state index contributed by atoms with van der Waals surface area (Å²) in [6.07, 6.45) is 4.67. The van der Waals surface area contributed by atoms with E-state index in [0.29, 0.717) is 6.42 Å². The SMILES string of the molecule is CC(C)=CCC(C=O)C(=O)C=C(C)C. The molecule has 0 heterocycles. The molecule has 0 aromatic carbocycles. The second-order valence-corrected chi connectivity index (χ2v) is 3.88. The minimum atomic E-state index is -0.514. The Morgan fingerprint density at radius 2 is 1.71 bits per heavy atom. The molecule has 0 aliphatic rings. The van der Waals surface area contributed by atoms with Crippen LogP contribution < -0.4 is 0 Å². The fourth-order valence-electron chi connectivity index (χ4n) is 0.993. The average Bonchev–Trinajstić information content (AvgIpc) is 2.03. The number of ketones is 1. The van der Waals surface area contributed by atoms with Gasteiger partial charge in [0.1, 0.15) is 6.29 Å². The van der Waals surface area contributed by atoms with E-state index >= 15 is 0 Å². The van der Waals surface area contributed by atoms with Gasteiger partial charge in [-0.1, -0.05) is 17.2 Å². The van der Waals surface area contributed by atoms with Crippen LogP contribution in [0.3, 0.4) is 0 Å². The number of aldehydes is 1. The van der Waals surface area contributed by atoms with Gasteiger partial charge in [-0.3, -0.25) is 4.79 Å². The molecular formula is C12H18O2. The third-order valence-electron chi connectivity index (χ3n) is 1.74. The number of allylic oxidation sites excluding steroid dienone is 4. The predicted molar refractivity (Wildman–Crippen MR) is 58.0 cm³/mol. The highest BCUT2D eigenvalue weighted by molar-refractivity contribution is 6.01. The molecule has 0 aliphatic heterocycles. The van der Waals surface area contributed by atoms with E-state index in [0.717, 1.165) is 17.4 Å². The van der Waals surface area contributed by atoms with Crippen LogP contribution in [0.5, 0.6) is 0 Å². The molecule has 0 spiro atoms. The van der Waals surface area contributed by atoms with Gasteiger partial charge in [0.25, 0.3) is 0 Å². The van der Waals surface area contributed by atoms with Gasteiger partial charge in [0.05, 0.1) is 5.92 Å². The molecule has 0 aliphatic carbocycles. The number of rotatable bonds is 5. The monoisotopic (exact) mass is 194 g/mol. The minimum absolute atomic E-state index is 0.0995. The van der Waals surface area contributed by atoms with E-state index in [1.165, 1.54) is 6.08 Å². The zero-order chi connectivity index (χ0) is 11.1. The minimum Gasteiger partial charge on any atom is -0.303 e. The van der Waals surface area contributed by atoms with Crippen LogP contribution >= 0.6 is 0 Å². The van der Waals surface area contributed by atoms with E-state index < -0.39 is 5.92 Å². The zero-order valence-corrected chi connectivity index (χ0v) is 9.33. The summed E-state index contributed by atoms with van der Waals surface area (Å²) >= 11 is 0. The van der Waals surface area contributed by atoms with E-state index in [2.05, 4.69) is 0 Å². The first kappa shape index (κ1) is 12.8. The van der Waals surface area contributed by atoms with Crippen LogP contribution in [0, 0.1) is 5.92 Å². The molecule has 1 unspecified atom stereocenters. The maximum atomic E-state index is 11.5. The highest BCUT2D eigenvalue weighted by atomic mass is 16.1. The van der Waals surface area contributed by atoms with Gasteiger partial charge in [-0.15, -0.1) is 0 Å². The van der Waals surface area contributed by atoms with Gasteiger partial charge in [0.15, 0.2) is 5.78 Å². The van der Waals surface area contributed by atoms with Crippen molar-refractivity contribution in [3.8, 4) is 0 Å². The molecule has 1 atom stereocenters. The molecular weight excluding hydrogens is 176 g/mol. The topological polar surface area (TPSA) is 34.1 Å². The summed E-state index contributed by atoms with van der Waals surface area (Å²) in [4.78, 5) is 22.1. The van der Waals surface area contributed by atoms with Crippen molar-refractivity contribution in [2.45, 2.75) is 34.1 Å². The van der Waals surface area contributed by atoms with Crippen molar-refractivity contribution >= 4 is 12.1 Å². The van der Waals surface area contributed by atoms with Gasteiger partial charge >= 0.3 is 0 Å². The molecule has 0 aromatic heterocycles. The first-order valence-corrected chi connectivity index (χ1v) is 4.74. The summed E-state index contributed by atoms with van der Waals surface area (Å²) in [5.74, 6) is -0.614. The molecule has 0 saturated heterocycles. The molecule has 0 fully saturated rings. The maximum absolute atomic E-state index is 11.5. The Morgan fingerprint density at radius 1 is 1.14 bits per heavy atom. The quantitative estimate of drug-likeness (QED) is 0.292. The summed E-state index contributed by atoms with van der Waals surface area (Å²) in [6.45, 7) is 7.60. The van der Waals surface area contributed by atoms with E-state index in [4.69, 9.17) is 0 Å². The van der Waals surface area contributed by atoms with Crippen LogP contribution in [0.25, 0.3) is 0 Å². The molecule has 2 heteroatoms. The second kappa shape index (κ2) is 6.30. The van der Waals surface area contributed by atoms with Crippen LogP contribution in [-0.2, 0) is 9.59 Å². The number of carbonyl (C=O) groups excluding carboxylic acids is 2. The van der Waals surface area contributed by atoms with Crippen molar-refractivity contribution < 1.29 is 9.59 Å². The summed E-state index contributed by atoms with van der Waals surface area (Å²) < 4.78 is 0. The maximum Gasteiger partial charge on any atom is 0.166 e. The molecule has 14 heavy (non-hydrogen) atoms. The Bertz CT molecular complexity index is 264. The number of carbonyl (C=O) groups is 2. The molecule has 0 aromatic rings. The van der Waals surface area contributed by atoms with Gasteiger partial charge in [0.2, 0.25) is 0 Å². The van der Waals surface area contributed by atoms with E-state index in [1.54, 1.807) is 0 Å². The summed E-state index contributed by atoms with van der Waals surface area (Å²) in [7, 11) is 0. The molecule has 0 saturated carbocycles. The van der Waals surface area contributed by atoms with Crippen LogP contribution in [0.4, 0.5) is 0 Å². The smallest absolute Gasteiger partial charge is 0.166 e. The Balaban J connectivity index is 4.42. The van der Waals surface area contributed by atoms with Crippen molar-refractivity contribution in [1.82, 2.24) is 0 Å². The van der Waals surface area contributed by atoms with Gasteiger partial charge in [-0.25, -0.2) is 0 Å².